The number of halogens is 1. The van der Waals surface area contributed by atoms with Crippen LogP contribution in [0.25, 0.3) is 11.3 Å². The third-order valence-corrected chi connectivity index (χ3v) is 5.36. The molecule has 0 unspecified atom stereocenters. The van der Waals surface area contributed by atoms with Crippen LogP contribution >= 0.6 is 0 Å². The summed E-state index contributed by atoms with van der Waals surface area (Å²) >= 11 is 0. The second-order valence-corrected chi connectivity index (χ2v) is 7.47. The van der Waals surface area contributed by atoms with Crippen LogP contribution in [0.1, 0.15) is 36.8 Å². The van der Waals surface area contributed by atoms with Crippen LogP contribution in [0, 0.1) is 12.7 Å². The molecule has 0 saturated heterocycles. The van der Waals surface area contributed by atoms with Crippen molar-refractivity contribution in [3.05, 3.63) is 101 Å². The van der Waals surface area contributed by atoms with Crippen LogP contribution in [-0.4, -0.2) is 22.9 Å². The molecule has 0 spiro atoms. The number of fused-ring (bicyclic) bond motifs is 1. The minimum Gasteiger partial charge on any atom is -0.360 e. The molecule has 4 aromatic rings. The topological polar surface area (TPSA) is 92.5 Å². The Labute approximate surface area is 187 Å². The van der Waals surface area contributed by atoms with E-state index in [1.54, 1.807) is 55.5 Å². The van der Waals surface area contributed by atoms with E-state index in [4.69, 9.17) is 4.52 Å². The normalized spacial score (nSPS) is 12.7. The van der Waals surface area contributed by atoms with Crippen molar-refractivity contribution in [3.8, 4) is 11.3 Å². The number of nitrogens with one attached hydrogen (secondary N) is 1. The minimum atomic E-state index is -0.493. The van der Waals surface area contributed by atoms with Gasteiger partial charge in [-0.05, 0) is 61.5 Å². The van der Waals surface area contributed by atoms with E-state index in [1.807, 2.05) is 0 Å². The van der Waals surface area contributed by atoms with E-state index in [1.165, 1.54) is 24.3 Å². The van der Waals surface area contributed by atoms with Crippen molar-refractivity contribution in [1.29, 1.82) is 0 Å². The van der Waals surface area contributed by atoms with Gasteiger partial charge in [-0.2, -0.15) is 0 Å². The first-order valence-electron chi connectivity index (χ1n) is 10.1. The van der Waals surface area contributed by atoms with Crippen LogP contribution in [0.5, 0.6) is 0 Å². The van der Waals surface area contributed by atoms with Crippen molar-refractivity contribution in [2.75, 3.05) is 10.2 Å². The number of hydrogen-bond acceptors (Lipinski definition) is 5. The molecule has 3 amide bonds. The van der Waals surface area contributed by atoms with E-state index < -0.39 is 23.5 Å². The van der Waals surface area contributed by atoms with Gasteiger partial charge >= 0.3 is 0 Å². The van der Waals surface area contributed by atoms with Gasteiger partial charge in [0.2, 0.25) is 0 Å². The Morgan fingerprint density at radius 3 is 2.27 bits per heavy atom. The van der Waals surface area contributed by atoms with Crippen LogP contribution in [0.4, 0.5) is 15.8 Å². The fourth-order valence-electron chi connectivity index (χ4n) is 3.78. The number of hydrogen-bond donors (Lipinski definition) is 1. The molecule has 1 aliphatic rings. The summed E-state index contributed by atoms with van der Waals surface area (Å²) in [6.45, 7) is 1.60. The summed E-state index contributed by atoms with van der Waals surface area (Å²) in [5.41, 5.74) is 2.38. The molecule has 1 aromatic heterocycles. The molecule has 1 aliphatic heterocycles. The summed E-state index contributed by atoms with van der Waals surface area (Å²) in [6, 6.07) is 18.6. The zero-order chi connectivity index (χ0) is 23.1. The standard InChI is InChI=1S/C25H16FN3O4/c1-14-21(22(28-33-14)15-9-11-16(26)12-10-15)23(30)27-17-5-4-6-18(13-17)29-24(31)19-7-2-3-8-20(19)25(29)32/h2-13H,1H3,(H,27,30). The number of imide groups is 1. The number of aryl methyl sites for hydroxylation is 1. The third-order valence-electron chi connectivity index (χ3n) is 5.36. The van der Waals surface area contributed by atoms with E-state index in [0.29, 0.717) is 33.8 Å². The Bertz CT molecular complexity index is 1390. The van der Waals surface area contributed by atoms with Gasteiger partial charge in [-0.25, -0.2) is 9.29 Å². The summed E-state index contributed by atoms with van der Waals surface area (Å²) < 4.78 is 18.5. The highest BCUT2D eigenvalue weighted by Gasteiger charge is 2.36. The second kappa shape index (κ2) is 7.83. The number of carbonyl (C=O) groups is 3. The average molecular weight is 441 g/mol. The first kappa shape index (κ1) is 20.3. The van der Waals surface area contributed by atoms with Crippen molar-refractivity contribution in [2.45, 2.75) is 6.92 Å². The quantitative estimate of drug-likeness (QED) is 0.458. The highest BCUT2D eigenvalue weighted by molar-refractivity contribution is 6.34. The van der Waals surface area contributed by atoms with E-state index >= 15 is 0 Å². The average Bonchev–Trinajstić information content (AvgIpc) is 3.32. The number of carbonyl (C=O) groups excluding carboxylic acids is 3. The van der Waals surface area contributed by atoms with E-state index in [9.17, 15) is 18.8 Å². The Morgan fingerprint density at radius 2 is 1.61 bits per heavy atom. The molecule has 1 N–H and O–H groups in total. The van der Waals surface area contributed by atoms with Gasteiger partial charge in [0.05, 0.1) is 16.8 Å². The largest absolute Gasteiger partial charge is 0.360 e. The van der Waals surface area contributed by atoms with Gasteiger partial charge < -0.3 is 9.84 Å². The highest BCUT2D eigenvalue weighted by Crippen LogP contribution is 2.31. The Morgan fingerprint density at radius 1 is 0.939 bits per heavy atom. The van der Waals surface area contributed by atoms with Gasteiger partial charge in [-0.1, -0.05) is 23.4 Å². The molecule has 0 atom stereocenters. The first-order chi connectivity index (χ1) is 15.9. The summed E-state index contributed by atoms with van der Waals surface area (Å²) in [4.78, 5) is 39.7. The lowest BCUT2D eigenvalue weighted by Gasteiger charge is -2.15. The number of nitrogens with zero attached hydrogens (tertiary/aromatic N) is 2. The van der Waals surface area contributed by atoms with Crippen molar-refractivity contribution < 1.29 is 23.3 Å². The maximum absolute atomic E-state index is 13.3. The number of rotatable bonds is 4. The second-order valence-electron chi connectivity index (χ2n) is 7.47. The maximum Gasteiger partial charge on any atom is 0.266 e. The molecule has 162 valence electrons. The first-order valence-corrected chi connectivity index (χ1v) is 10.1. The van der Waals surface area contributed by atoms with Gasteiger partial charge in [-0.3, -0.25) is 14.4 Å². The zero-order valence-corrected chi connectivity index (χ0v) is 17.3. The fraction of sp³-hybridized carbons (Fsp3) is 0.0400. The summed E-state index contributed by atoms with van der Waals surface area (Å²) in [6.07, 6.45) is 0. The lowest BCUT2D eigenvalue weighted by atomic mass is 10.1. The molecular formula is C25H16FN3O4. The maximum atomic E-state index is 13.3. The molecule has 7 nitrogen and oxygen atoms in total. The summed E-state index contributed by atoms with van der Waals surface area (Å²) in [7, 11) is 0. The van der Waals surface area contributed by atoms with Gasteiger partial charge in [0.1, 0.15) is 22.8 Å². The molecule has 33 heavy (non-hydrogen) atoms. The highest BCUT2D eigenvalue weighted by atomic mass is 19.1. The molecule has 8 heteroatoms. The van der Waals surface area contributed by atoms with Crippen molar-refractivity contribution in [1.82, 2.24) is 5.16 Å². The van der Waals surface area contributed by atoms with Gasteiger partial charge in [-0.15, -0.1) is 0 Å². The van der Waals surface area contributed by atoms with E-state index in [2.05, 4.69) is 10.5 Å². The molecule has 3 aromatic carbocycles. The van der Waals surface area contributed by atoms with Crippen LogP contribution < -0.4 is 10.2 Å². The van der Waals surface area contributed by atoms with Gasteiger partial charge in [0.25, 0.3) is 17.7 Å². The van der Waals surface area contributed by atoms with Crippen molar-refractivity contribution in [2.24, 2.45) is 0 Å². The summed E-state index contributed by atoms with van der Waals surface area (Å²) in [5, 5.41) is 6.71. The van der Waals surface area contributed by atoms with E-state index in [-0.39, 0.29) is 11.3 Å². The molecule has 2 heterocycles. The molecule has 5 rings (SSSR count). The molecule has 0 radical (unpaired) electrons. The number of anilines is 2. The Hall–Kier alpha value is -4.59. The van der Waals surface area contributed by atoms with Crippen LogP contribution in [-0.2, 0) is 0 Å². The SMILES string of the molecule is Cc1onc(-c2ccc(F)cc2)c1C(=O)Nc1cccc(N2C(=O)c3ccccc3C2=O)c1. The summed E-state index contributed by atoms with van der Waals surface area (Å²) in [5.74, 6) is -1.45. The lowest BCUT2D eigenvalue weighted by Crippen LogP contribution is -2.29. The van der Waals surface area contributed by atoms with Crippen LogP contribution in [0.15, 0.2) is 77.3 Å². The zero-order valence-electron chi connectivity index (χ0n) is 17.3. The lowest BCUT2D eigenvalue weighted by molar-refractivity contribution is 0.0925. The third kappa shape index (κ3) is 3.47. The van der Waals surface area contributed by atoms with E-state index in [0.717, 1.165) is 4.90 Å². The predicted octanol–water partition coefficient (Wildman–Crippen LogP) is 4.84. The van der Waals surface area contributed by atoms with Crippen molar-refractivity contribution >= 4 is 29.1 Å². The minimum absolute atomic E-state index is 0.202. The van der Waals surface area contributed by atoms with Gasteiger partial charge in [0.15, 0.2) is 0 Å². The van der Waals surface area contributed by atoms with Crippen LogP contribution in [0.3, 0.4) is 0 Å². The smallest absolute Gasteiger partial charge is 0.266 e. The Balaban J connectivity index is 1.44. The number of aromatic nitrogens is 1. The molecule has 0 fully saturated rings. The molecular weight excluding hydrogens is 425 g/mol. The molecule has 0 saturated carbocycles. The van der Waals surface area contributed by atoms with Crippen molar-refractivity contribution in [3.63, 3.8) is 0 Å². The molecule has 0 aliphatic carbocycles. The molecule has 0 bridgehead atoms. The Kier molecular flexibility index (Phi) is 4.82. The number of amides is 3. The predicted molar refractivity (Wildman–Crippen MR) is 119 cm³/mol. The van der Waals surface area contributed by atoms with Crippen LogP contribution in [0.2, 0.25) is 0 Å². The van der Waals surface area contributed by atoms with Gasteiger partial charge in [0, 0.05) is 11.3 Å². The fourth-order valence-corrected chi connectivity index (χ4v) is 3.78. The number of benzene rings is 3. The monoisotopic (exact) mass is 441 g/mol.